The molecule has 0 fully saturated rings. The number of primary amides is 1. The number of hydrogen-bond acceptors (Lipinski definition) is 3. The number of amides is 2. The van der Waals surface area contributed by atoms with Gasteiger partial charge in [0, 0.05) is 5.41 Å². The lowest BCUT2D eigenvalue weighted by molar-refractivity contribution is 0.256. The predicted octanol–water partition coefficient (Wildman–Crippen LogP) is 4.42. The molecule has 0 aliphatic rings. The van der Waals surface area contributed by atoms with E-state index in [1.165, 1.54) is 16.2 Å². The highest BCUT2D eigenvalue weighted by molar-refractivity contribution is 9.11. The Balaban J connectivity index is 2.50. The van der Waals surface area contributed by atoms with E-state index in [1.807, 2.05) is 30.3 Å². The van der Waals surface area contributed by atoms with Crippen molar-refractivity contribution >= 4 is 44.1 Å². The second-order valence-electron chi connectivity index (χ2n) is 5.38. The molecule has 4 nitrogen and oxygen atoms in total. The maximum absolute atomic E-state index is 11.8. The van der Waals surface area contributed by atoms with E-state index in [-0.39, 0.29) is 5.41 Å². The average Bonchev–Trinajstić information content (AvgIpc) is 2.72. The van der Waals surface area contributed by atoms with Crippen LogP contribution in [0.2, 0.25) is 0 Å². The summed E-state index contributed by atoms with van der Waals surface area (Å²) in [6.07, 6.45) is 0. The van der Waals surface area contributed by atoms with Crippen LogP contribution < -0.4 is 10.6 Å². The van der Waals surface area contributed by atoms with E-state index >= 15 is 0 Å². The number of carbonyl (C=O) groups is 1. The molecule has 0 spiro atoms. The summed E-state index contributed by atoms with van der Waals surface area (Å²) in [5, 5.41) is 0.570. The first-order chi connectivity index (χ1) is 9.30. The highest BCUT2D eigenvalue weighted by Crippen LogP contribution is 2.39. The Kier molecular flexibility index (Phi) is 4.15. The van der Waals surface area contributed by atoms with Gasteiger partial charge in [-0.1, -0.05) is 50.3 Å². The van der Waals surface area contributed by atoms with Crippen LogP contribution in [-0.2, 0) is 5.41 Å². The first kappa shape index (κ1) is 15.0. The van der Waals surface area contributed by atoms with E-state index in [2.05, 4.69) is 41.7 Å². The lowest BCUT2D eigenvalue weighted by Gasteiger charge is -2.18. The third kappa shape index (κ3) is 3.02. The smallest absolute Gasteiger partial charge is 0.325 e. The standard InChI is InChI=1S/C14H16BrN3OS/c1-14(2,3)10-11(15)20-13(17-10)18(12(16)19)9-7-5-4-6-8-9/h4-8H,1-3H3,(H2,16,19). The van der Waals surface area contributed by atoms with Crippen molar-refractivity contribution in [1.82, 2.24) is 4.98 Å². The topological polar surface area (TPSA) is 59.2 Å². The molecule has 2 N–H and O–H groups in total. The fourth-order valence-corrected chi connectivity index (χ4v) is 3.91. The number of urea groups is 1. The molecule has 0 unspecified atom stereocenters. The number of nitrogens with zero attached hydrogens (tertiary/aromatic N) is 2. The summed E-state index contributed by atoms with van der Waals surface area (Å²) < 4.78 is 0.919. The number of rotatable bonds is 2. The summed E-state index contributed by atoms with van der Waals surface area (Å²) in [4.78, 5) is 17.8. The maximum atomic E-state index is 11.8. The van der Waals surface area contributed by atoms with Gasteiger partial charge in [0.2, 0.25) is 0 Å². The summed E-state index contributed by atoms with van der Waals surface area (Å²) in [5.74, 6) is 0. The second-order valence-corrected chi connectivity index (χ2v) is 7.67. The van der Waals surface area contributed by atoms with Crippen LogP contribution in [0.1, 0.15) is 26.5 Å². The van der Waals surface area contributed by atoms with Crippen LogP contribution in [0.15, 0.2) is 34.1 Å². The van der Waals surface area contributed by atoms with Gasteiger partial charge in [0.05, 0.1) is 15.2 Å². The molecule has 2 amide bonds. The van der Waals surface area contributed by atoms with Crippen LogP contribution in [0.3, 0.4) is 0 Å². The number of aromatic nitrogens is 1. The monoisotopic (exact) mass is 353 g/mol. The third-order valence-electron chi connectivity index (χ3n) is 2.71. The van der Waals surface area contributed by atoms with Crippen LogP contribution in [0.5, 0.6) is 0 Å². The molecule has 2 rings (SSSR count). The zero-order valence-electron chi connectivity index (χ0n) is 11.6. The van der Waals surface area contributed by atoms with Gasteiger partial charge in [0.25, 0.3) is 0 Å². The Hall–Kier alpha value is -1.40. The number of halogens is 1. The number of carbonyl (C=O) groups excluding carboxylic acids is 1. The molecule has 0 bridgehead atoms. The zero-order chi connectivity index (χ0) is 14.9. The lowest BCUT2D eigenvalue weighted by Crippen LogP contribution is -2.31. The number of benzene rings is 1. The lowest BCUT2D eigenvalue weighted by atomic mass is 9.93. The highest BCUT2D eigenvalue weighted by Gasteiger charge is 2.26. The second kappa shape index (κ2) is 5.54. The number of anilines is 2. The van der Waals surface area contributed by atoms with E-state index in [9.17, 15) is 4.79 Å². The summed E-state index contributed by atoms with van der Waals surface area (Å²) in [5.41, 5.74) is 7.03. The molecule has 6 heteroatoms. The average molecular weight is 354 g/mol. The van der Waals surface area contributed by atoms with Crippen LogP contribution >= 0.6 is 27.3 Å². The molecule has 0 aliphatic carbocycles. The van der Waals surface area contributed by atoms with Gasteiger partial charge in [-0.2, -0.15) is 0 Å². The van der Waals surface area contributed by atoms with Gasteiger partial charge >= 0.3 is 6.03 Å². The largest absolute Gasteiger partial charge is 0.351 e. The number of nitrogens with two attached hydrogens (primary N) is 1. The van der Waals surface area contributed by atoms with Gasteiger partial charge in [-0.25, -0.2) is 14.7 Å². The van der Waals surface area contributed by atoms with Crippen molar-refractivity contribution in [3.8, 4) is 0 Å². The molecule has 1 heterocycles. The maximum Gasteiger partial charge on any atom is 0.325 e. The number of thiazole rings is 1. The first-order valence-corrected chi connectivity index (χ1v) is 7.73. The van der Waals surface area contributed by atoms with E-state index < -0.39 is 6.03 Å². The molecule has 0 aliphatic heterocycles. The first-order valence-electron chi connectivity index (χ1n) is 6.12. The van der Waals surface area contributed by atoms with Crippen LogP contribution in [0.25, 0.3) is 0 Å². The Morgan fingerprint density at radius 1 is 1.30 bits per heavy atom. The quantitative estimate of drug-likeness (QED) is 0.868. The summed E-state index contributed by atoms with van der Waals surface area (Å²) >= 11 is 4.92. The molecule has 20 heavy (non-hydrogen) atoms. The van der Waals surface area contributed by atoms with Crippen molar-refractivity contribution in [2.24, 2.45) is 5.73 Å². The minimum Gasteiger partial charge on any atom is -0.351 e. The van der Waals surface area contributed by atoms with E-state index in [0.29, 0.717) is 10.8 Å². The molecule has 0 radical (unpaired) electrons. The van der Waals surface area contributed by atoms with Gasteiger partial charge in [0.1, 0.15) is 0 Å². The normalized spacial score (nSPS) is 11.4. The van der Waals surface area contributed by atoms with Gasteiger partial charge < -0.3 is 5.73 Å². The van der Waals surface area contributed by atoms with Crippen molar-refractivity contribution in [2.75, 3.05) is 4.90 Å². The number of para-hydroxylation sites is 1. The Morgan fingerprint density at radius 3 is 2.35 bits per heavy atom. The van der Waals surface area contributed by atoms with Crippen LogP contribution in [0.4, 0.5) is 15.6 Å². The Labute approximate surface area is 130 Å². The summed E-state index contributed by atoms with van der Waals surface area (Å²) in [7, 11) is 0. The Bertz CT molecular complexity index is 619. The summed E-state index contributed by atoms with van der Waals surface area (Å²) in [6.45, 7) is 6.23. The minimum absolute atomic E-state index is 0.104. The van der Waals surface area contributed by atoms with Crippen LogP contribution in [-0.4, -0.2) is 11.0 Å². The van der Waals surface area contributed by atoms with Crippen molar-refractivity contribution in [2.45, 2.75) is 26.2 Å². The molecule has 1 aromatic heterocycles. The van der Waals surface area contributed by atoms with E-state index in [1.54, 1.807) is 0 Å². The van der Waals surface area contributed by atoms with Gasteiger partial charge in [0.15, 0.2) is 5.13 Å². The van der Waals surface area contributed by atoms with Gasteiger partial charge in [-0.05, 0) is 28.1 Å². The van der Waals surface area contributed by atoms with Crippen molar-refractivity contribution in [1.29, 1.82) is 0 Å². The Morgan fingerprint density at radius 2 is 1.90 bits per heavy atom. The molecule has 1 aromatic carbocycles. The molecular formula is C14H16BrN3OS. The summed E-state index contributed by atoms with van der Waals surface area (Å²) in [6, 6.07) is 8.73. The van der Waals surface area contributed by atoms with Crippen molar-refractivity contribution in [3.05, 3.63) is 39.8 Å². The van der Waals surface area contributed by atoms with Crippen LogP contribution in [0, 0.1) is 0 Å². The fraction of sp³-hybridized carbons (Fsp3) is 0.286. The highest BCUT2D eigenvalue weighted by atomic mass is 79.9. The molecule has 106 valence electrons. The van der Waals surface area contributed by atoms with Gasteiger partial charge in [-0.15, -0.1) is 0 Å². The minimum atomic E-state index is -0.544. The molecule has 0 saturated carbocycles. The SMILES string of the molecule is CC(C)(C)c1nc(N(C(N)=O)c2ccccc2)sc1Br. The fourth-order valence-electron chi connectivity index (χ4n) is 1.76. The van der Waals surface area contributed by atoms with Crippen molar-refractivity contribution in [3.63, 3.8) is 0 Å². The molecular weight excluding hydrogens is 338 g/mol. The van der Waals surface area contributed by atoms with E-state index in [4.69, 9.17) is 5.73 Å². The third-order valence-corrected chi connectivity index (χ3v) is 4.40. The zero-order valence-corrected chi connectivity index (χ0v) is 14.0. The molecule has 0 atom stereocenters. The molecule has 2 aromatic rings. The molecule has 0 saturated heterocycles. The number of hydrogen-bond donors (Lipinski definition) is 1. The van der Waals surface area contributed by atoms with Gasteiger partial charge in [-0.3, -0.25) is 0 Å². The predicted molar refractivity (Wildman–Crippen MR) is 86.7 cm³/mol. The van der Waals surface area contributed by atoms with Crippen molar-refractivity contribution < 1.29 is 4.79 Å². The van der Waals surface area contributed by atoms with E-state index in [0.717, 1.165) is 9.48 Å².